The summed E-state index contributed by atoms with van der Waals surface area (Å²) in [4.78, 5) is 15.9. The molecule has 0 fully saturated rings. The van der Waals surface area contributed by atoms with E-state index in [4.69, 9.17) is 0 Å². The molecule has 0 saturated heterocycles. The number of anilines is 2. The first-order valence-electron chi connectivity index (χ1n) is 6.66. The predicted octanol–water partition coefficient (Wildman–Crippen LogP) is 4.39. The predicted molar refractivity (Wildman–Crippen MR) is 88.8 cm³/mol. The molecule has 5 heteroatoms. The van der Waals surface area contributed by atoms with Crippen molar-refractivity contribution in [2.45, 2.75) is 59.5 Å². The van der Waals surface area contributed by atoms with Gasteiger partial charge in [-0.05, 0) is 70.0 Å². The third-order valence-electron chi connectivity index (χ3n) is 2.52. The zero-order valence-corrected chi connectivity index (χ0v) is 14.9. The van der Waals surface area contributed by atoms with Crippen LogP contribution in [0.3, 0.4) is 0 Å². The van der Waals surface area contributed by atoms with Crippen molar-refractivity contribution in [1.82, 2.24) is 4.98 Å². The first-order valence-corrected chi connectivity index (χ1v) is 7.45. The number of hydrogen-bond acceptors (Lipinski definition) is 4. The van der Waals surface area contributed by atoms with E-state index in [1.165, 1.54) is 0 Å². The fourth-order valence-corrected chi connectivity index (χ4v) is 2.13. The molecule has 0 radical (unpaired) electrons. The number of nitrogens with zero attached hydrogens (tertiary/aromatic N) is 1. The van der Waals surface area contributed by atoms with Crippen LogP contribution in [0.5, 0.6) is 0 Å². The highest BCUT2D eigenvalue weighted by Gasteiger charge is 2.21. The second kappa shape index (κ2) is 5.72. The second-order valence-corrected chi connectivity index (χ2v) is 7.82. The van der Waals surface area contributed by atoms with Crippen LogP contribution in [0, 0.1) is 6.92 Å². The van der Waals surface area contributed by atoms with E-state index in [1.54, 1.807) is 0 Å². The van der Waals surface area contributed by atoms with E-state index in [9.17, 15) is 4.79 Å². The molecule has 1 heterocycles. The van der Waals surface area contributed by atoms with Gasteiger partial charge in [0.25, 0.3) is 0 Å². The molecule has 0 aliphatic heterocycles. The molecule has 1 aromatic rings. The van der Waals surface area contributed by atoms with E-state index in [1.807, 2.05) is 27.7 Å². The van der Waals surface area contributed by atoms with Crippen LogP contribution in [0.1, 0.15) is 57.5 Å². The van der Waals surface area contributed by atoms with Crippen LogP contribution in [-0.4, -0.2) is 22.3 Å². The van der Waals surface area contributed by atoms with Gasteiger partial charge in [-0.3, -0.25) is 4.79 Å². The fraction of sp³-hybridized carbons (Fsp3) is 0.600. The average Bonchev–Trinajstić information content (AvgIpc) is 2.22. The summed E-state index contributed by atoms with van der Waals surface area (Å²) in [6.45, 7) is 14.2. The van der Waals surface area contributed by atoms with Crippen LogP contribution in [0.15, 0.2) is 4.47 Å². The highest BCUT2D eigenvalue weighted by molar-refractivity contribution is 9.10. The summed E-state index contributed by atoms with van der Waals surface area (Å²) in [5.41, 5.74) is 1.20. The number of carbonyl (C=O) groups is 1. The minimum Gasteiger partial charge on any atom is -0.365 e. The number of aromatic nitrogens is 1. The van der Waals surface area contributed by atoms with Gasteiger partial charge in [0.15, 0.2) is 6.29 Å². The third kappa shape index (κ3) is 4.47. The van der Waals surface area contributed by atoms with E-state index in [0.29, 0.717) is 11.4 Å². The Morgan fingerprint density at radius 1 is 1.00 bits per heavy atom. The monoisotopic (exact) mass is 341 g/mol. The second-order valence-electron chi connectivity index (χ2n) is 7.03. The Kier molecular flexibility index (Phi) is 4.85. The first kappa shape index (κ1) is 17.0. The maximum Gasteiger partial charge on any atom is 0.154 e. The van der Waals surface area contributed by atoms with Crippen molar-refractivity contribution in [2.75, 3.05) is 10.6 Å². The Balaban J connectivity index is 3.39. The molecule has 0 atom stereocenters. The van der Waals surface area contributed by atoms with Crippen LogP contribution in [0.25, 0.3) is 0 Å². The third-order valence-corrected chi connectivity index (χ3v) is 3.49. The number of aldehydes is 1. The van der Waals surface area contributed by atoms with Gasteiger partial charge in [0, 0.05) is 11.1 Å². The van der Waals surface area contributed by atoms with Crippen molar-refractivity contribution in [1.29, 1.82) is 0 Å². The molecule has 0 aliphatic carbocycles. The molecule has 2 N–H and O–H groups in total. The molecule has 20 heavy (non-hydrogen) atoms. The zero-order valence-electron chi connectivity index (χ0n) is 13.3. The zero-order chi connectivity index (χ0) is 15.7. The van der Waals surface area contributed by atoms with Gasteiger partial charge in [-0.15, -0.1) is 0 Å². The van der Waals surface area contributed by atoms with Crippen molar-refractivity contribution < 1.29 is 4.79 Å². The summed E-state index contributed by atoms with van der Waals surface area (Å²) in [5, 5.41) is 6.65. The molecule has 0 aromatic carbocycles. The average molecular weight is 342 g/mol. The lowest BCUT2D eigenvalue weighted by Crippen LogP contribution is -2.30. The molecule has 0 aliphatic rings. The number of halogens is 1. The Hall–Kier alpha value is -1.10. The van der Waals surface area contributed by atoms with Crippen molar-refractivity contribution >= 4 is 33.9 Å². The van der Waals surface area contributed by atoms with Crippen LogP contribution >= 0.6 is 15.9 Å². The SMILES string of the molecule is Cc1c(Br)c(NC(C)(C)C)nc(NC(C)(C)C)c1C=O. The quantitative estimate of drug-likeness (QED) is 0.800. The van der Waals surface area contributed by atoms with E-state index >= 15 is 0 Å². The fourth-order valence-electron chi connectivity index (χ4n) is 1.73. The van der Waals surface area contributed by atoms with E-state index in [0.717, 1.165) is 22.1 Å². The summed E-state index contributed by atoms with van der Waals surface area (Å²) < 4.78 is 0.828. The Bertz CT molecular complexity index is 513. The normalized spacial score (nSPS) is 12.2. The molecule has 0 amide bonds. The number of carbonyl (C=O) groups excluding carboxylic acids is 1. The van der Waals surface area contributed by atoms with Crippen LogP contribution < -0.4 is 10.6 Å². The number of hydrogen-bond donors (Lipinski definition) is 2. The largest absolute Gasteiger partial charge is 0.365 e. The molecular formula is C15H24BrN3O. The van der Waals surface area contributed by atoms with Gasteiger partial charge in [-0.1, -0.05) is 0 Å². The summed E-state index contributed by atoms with van der Waals surface area (Å²) in [5.74, 6) is 1.35. The van der Waals surface area contributed by atoms with Gasteiger partial charge >= 0.3 is 0 Å². The smallest absolute Gasteiger partial charge is 0.154 e. The number of pyridine rings is 1. The highest BCUT2D eigenvalue weighted by Crippen LogP contribution is 2.32. The van der Waals surface area contributed by atoms with Gasteiger partial charge < -0.3 is 10.6 Å². The molecule has 0 unspecified atom stereocenters. The Morgan fingerprint density at radius 3 is 1.85 bits per heavy atom. The minimum atomic E-state index is -0.163. The summed E-state index contributed by atoms with van der Waals surface area (Å²) in [6.07, 6.45) is 0.849. The topological polar surface area (TPSA) is 54.0 Å². The maximum absolute atomic E-state index is 11.4. The highest BCUT2D eigenvalue weighted by atomic mass is 79.9. The maximum atomic E-state index is 11.4. The summed E-state index contributed by atoms with van der Waals surface area (Å²) in [6, 6.07) is 0. The molecule has 0 saturated carbocycles. The lowest BCUT2D eigenvalue weighted by Gasteiger charge is -2.27. The van der Waals surface area contributed by atoms with Crippen molar-refractivity contribution in [3.8, 4) is 0 Å². The Labute approximate surface area is 129 Å². The summed E-state index contributed by atoms with van der Waals surface area (Å²) in [7, 11) is 0. The van der Waals surface area contributed by atoms with Gasteiger partial charge in [-0.25, -0.2) is 4.98 Å². The molecular weight excluding hydrogens is 318 g/mol. The van der Waals surface area contributed by atoms with Gasteiger partial charge in [-0.2, -0.15) is 0 Å². The van der Waals surface area contributed by atoms with E-state index in [2.05, 4.69) is 52.3 Å². The van der Waals surface area contributed by atoms with Gasteiger partial charge in [0.1, 0.15) is 11.6 Å². The molecule has 1 aromatic heterocycles. The molecule has 1 rings (SSSR count). The molecule has 0 bridgehead atoms. The van der Waals surface area contributed by atoms with Crippen molar-refractivity contribution in [3.63, 3.8) is 0 Å². The first-order chi connectivity index (χ1) is 8.94. The van der Waals surface area contributed by atoms with Gasteiger partial charge in [0.2, 0.25) is 0 Å². The lowest BCUT2D eigenvalue weighted by molar-refractivity contribution is 0.112. The lowest BCUT2D eigenvalue weighted by atomic mass is 10.1. The van der Waals surface area contributed by atoms with E-state index in [-0.39, 0.29) is 11.1 Å². The van der Waals surface area contributed by atoms with Gasteiger partial charge in [0.05, 0.1) is 10.0 Å². The van der Waals surface area contributed by atoms with Crippen LogP contribution in [0.2, 0.25) is 0 Å². The van der Waals surface area contributed by atoms with Crippen LogP contribution in [-0.2, 0) is 0 Å². The molecule has 0 spiro atoms. The van der Waals surface area contributed by atoms with Crippen molar-refractivity contribution in [3.05, 3.63) is 15.6 Å². The minimum absolute atomic E-state index is 0.107. The number of rotatable bonds is 3. The Morgan fingerprint density at radius 2 is 1.45 bits per heavy atom. The van der Waals surface area contributed by atoms with Crippen LogP contribution in [0.4, 0.5) is 11.6 Å². The standard InChI is InChI=1S/C15H24BrN3O/c1-9-10(8-20)12(18-14(2,3)4)17-13(11(9)16)19-15(5,6)7/h8H,1-7H3,(H2,17,18,19). The number of nitrogens with one attached hydrogen (secondary N) is 2. The summed E-state index contributed by atoms with van der Waals surface area (Å²) >= 11 is 3.53. The van der Waals surface area contributed by atoms with E-state index < -0.39 is 0 Å². The molecule has 4 nitrogen and oxygen atoms in total. The molecule has 112 valence electrons. The van der Waals surface area contributed by atoms with Crippen molar-refractivity contribution in [2.24, 2.45) is 0 Å².